The van der Waals surface area contributed by atoms with E-state index in [1.807, 2.05) is 0 Å². The molecule has 0 unspecified atom stereocenters. The van der Waals surface area contributed by atoms with Crippen LogP contribution in [-0.4, -0.2) is 4.98 Å². The number of hydrogen-bond donors (Lipinski definition) is 0. The number of aromatic nitrogens is 1. The SMILES string of the molecule is Br.FC(F)(F)c1cccc(CBr)n1. The predicted molar refractivity (Wildman–Crippen MR) is 52.2 cm³/mol. The van der Waals surface area contributed by atoms with Gasteiger partial charge in [0.2, 0.25) is 0 Å². The van der Waals surface area contributed by atoms with E-state index in [4.69, 9.17) is 0 Å². The molecule has 0 fully saturated rings. The first-order valence-electron chi connectivity index (χ1n) is 3.13. The van der Waals surface area contributed by atoms with E-state index in [9.17, 15) is 13.2 Å². The van der Waals surface area contributed by atoms with E-state index in [-0.39, 0.29) is 17.0 Å². The van der Waals surface area contributed by atoms with Crippen LogP contribution in [-0.2, 0) is 11.5 Å². The molecule has 13 heavy (non-hydrogen) atoms. The maximum atomic E-state index is 12.0. The van der Waals surface area contributed by atoms with Gasteiger partial charge in [-0.2, -0.15) is 13.2 Å². The highest BCUT2D eigenvalue weighted by Crippen LogP contribution is 2.27. The summed E-state index contributed by atoms with van der Waals surface area (Å²) in [6.07, 6.45) is -4.35. The van der Waals surface area contributed by atoms with Gasteiger partial charge in [0.1, 0.15) is 5.69 Å². The molecule has 0 amide bonds. The molecule has 0 bridgehead atoms. The molecule has 0 atom stereocenters. The van der Waals surface area contributed by atoms with Gasteiger partial charge in [0.25, 0.3) is 0 Å². The normalized spacial score (nSPS) is 10.8. The highest BCUT2D eigenvalue weighted by atomic mass is 79.9. The van der Waals surface area contributed by atoms with E-state index in [0.29, 0.717) is 11.0 Å². The van der Waals surface area contributed by atoms with Gasteiger partial charge in [-0.25, -0.2) is 4.98 Å². The quantitative estimate of drug-likeness (QED) is 0.721. The summed E-state index contributed by atoms with van der Waals surface area (Å²) in [6.45, 7) is 0. The van der Waals surface area contributed by atoms with Crippen LogP contribution in [0.2, 0.25) is 0 Å². The van der Waals surface area contributed by atoms with Crippen LogP contribution in [0.25, 0.3) is 0 Å². The third-order valence-electron chi connectivity index (χ3n) is 1.23. The van der Waals surface area contributed by atoms with Gasteiger partial charge in [-0.05, 0) is 12.1 Å². The highest BCUT2D eigenvalue weighted by molar-refractivity contribution is 9.08. The zero-order valence-corrected chi connectivity index (χ0v) is 9.61. The molecule has 0 aliphatic rings. The Morgan fingerprint density at radius 2 is 1.92 bits per heavy atom. The Bertz CT molecular complexity index is 275. The van der Waals surface area contributed by atoms with Crippen LogP contribution >= 0.6 is 32.9 Å². The maximum absolute atomic E-state index is 12.0. The lowest BCUT2D eigenvalue weighted by Crippen LogP contribution is -2.08. The zero-order chi connectivity index (χ0) is 9.19. The number of alkyl halides is 4. The minimum absolute atomic E-state index is 0. The second-order valence-electron chi connectivity index (χ2n) is 2.15. The molecule has 1 heterocycles. The summed E-state index contributed by atoms with van der Waals surface area (Å²) in [5, 5.41) is 0.330. The minimum atomic E-state index is -4.35. The number of halogens is 5. The standard InChI is InChI=1S/C7H5BrF3N.BrH/c8-4-5-2-1-3-6(12-5)7(9,10)11;/h1-3H,4H2;1H. The fourth-order valence-corrected chi connectivity index (χ4v) is 1.02. The summed E-state index contributed by atoms with van der Waals surface area (Å²) in [5.41, 5.74) is -0.468. The molecule has 6 heteroatoms. The predicted octanol–water partition coefficient (Wildman–Crippen LogP) is 3.57. The van der Waals surface area contributed by atoms with Crippen LogP contribution in [0.3, 0.4) is 0 Å². The molecule has 0 radical (unpaired) electrons. The molecule has 0 spiro atoms. The van der Waals surface area contributed by atoms with Crippen molar-refractivity contribution >= 4 is 32.9 Å². The molecular weight excluding hydrogens is 315 g/mol. The summed E-state index contributed by atoms with van der Waals surface area (Å²) in [6, 6.07) is 3.82. The first-order valence-corrected chi connectivity index (χ1v) is 4.25. The fourth-order valence-electron chi connectivity index (χ4n) is 0.712. The summed E-state index contributed by atoms with van der Waals surface area (Å²) < 4.78 is 36.1. The molecule has 0 N–H and O–H groups in total. The third kappa shape index (κ3) is 3.64. The van der Waals surface area contributed by atoms with Crippen LogP contribution in [0.4, 0.5) is 13.2 Å². The molecule has 1 nitrogen and oxygen atoms in total. The largest absolute Gasteiger partial charge is 0.433 e. The molecule has 0 aliphatic heterocycles. The molecule has 1 aromatic heterocycles. The number of nitrogens with zero attached hydrogens (tertiary/aromatic N) is 1. The van der Waals surface area contributed by atoms with Crippen molar-refractivity contribution in [1.29, 1.82) is 0 Å². The minimum Gasteiger partial charge on any atom is -0.247 e. The van der Waals surface area contributed by atoms with E-state index < -0.39 is 11.9 Å². The van der Waals surface area contributed by atoms with Gasteiger partial charge < -0.3 is 0 Å². The van der Waals surface area contributed by atoms with Gasteiger partial charge in [-0.15, -0.1) is 17.0 Å². The maximum Gasteiger partial charge on any atom is 0.433 e. The molecule has 1 rings (SSSR count). The second kappa shape index (κ2) is 4.95. The molecule has 0 aromatic carbocycles. The van der Waals surface area contributed by atoms with E-state index >= 15 is 0 Å². The van der Waals surface area contributed by atoms with Crippen LogP contribution in [0.5, 0.6) is 0 Å². The van der Waals surface area contributed by atoms with Crippen molar-refractivity contribution in [3.05, 3.63) is 29.6 Å². The van der Waals surface area contributed by atoms with Crippen molar-refractivity contribution in [3.63, 3.8) is 0 Å². The van der Waals surface area contributed by atoms with Crippen molar-refractivity contribution < 1.29 is 13.2 Å². The van der Waals surface area contributed by atoms with E-state index in [0.717, 1.165) is 6.07 Å². The van der Waals surface area contributed by atoms with Crippen LogP contribution < -0.4 is 0 Å². The van der Waals surface area contributed by atoms with Gasteiger partial charge >= 0.3 is 6.18 Å². The lowest BCUT2D eigenvalue weighted by atomic mass is 10.3. The number of pyridine rings is 1. The Morgan fingerprint density at radius 3 is 2.38 bits per heavy atom. The lowest BCUT2D eigenvalue weighted by molar-refractivity contribution is -0.141. The van der Waals surface area contributed by atoms with E-state index in [1.165, 1.54) is 12.1 Å². The summed E-state index contributed by atoms with van der Waals surface area (Å²) in [5.74, 6) is 0. The molecule has 1 aromatic rings. The summed E-state index contributed by atoms with van der Waals surface area (Å²) >= 11 is 3.03. The van der Waals surface area contributed by atoms with Gasteiger partial charge in [-0.3, -0.25) is 0 Å². The molecular formula is C7H6Br2F3N. The van der Waals surface area contributed by atoms with Gasteiger partial charge in [0, 0.05) is 5.33 Å². The highest BCUT2D eigenvalue weighted by Gasteiger charge is 2.32. The first kappa shape index (κ1) is 12.9. The average Bonchev–Trinajstić information content (AvgIpc) is 2.03. The fraction of sp³-hybridized carbons (Fsp3) is 0.286. The van der Waals surface area contributed by atoms with Crippen molar-refractivity contribution in [2.45, 2.75) is 11.5 Å². The van der Waals surface area contributed by atoms with Gasteiger partial charge in [0.15, 0.2) is 0 Å². The Kier molecular flexibility index (Phi) is 4.91. The first-order chi connectivity index (χ1) is 5.54. The molecule has 0 saturated carbocycles. The topological polar surface area (TPSA) is 12.9 Å². The molecule has 74 valence electrons. The average molecular weight is 321 g/mol. The number of hydrogen-bond acceptors (Lipinski definition) is 1. The number of rotatable bonds is 1. The Balaban J connectivity index is 0.00000144. The van der Waals surface area contributed by atoms with Crippen molar-refractivity contribution in [1.82, 2.24) is 4.98 Å². The smallest absolute Gasteiger partial charge is 0.247 e. The van der Waals surface area contributed by atoms with E-state index in [1.54, 1.807) is 0 Å². The Morgan fingerprint density at radius 1 is 1.31 bits per heavy atom. The van der Waals surface area contributed by atoms with Gasteiger partial charge in [0.05, 0.1) is 5.69 Å². The third-order valence-corrected chi connectivity index (χ3v) is 1.81. The Hall–Kier alpha value is -0.100. The van der Waals surface area contributed by atoms with E-state index in [2.05, 4.69) is 20.9 Å². The van der Waals surface area contributed by atoms with Crippen LogP contribution in [0.15, 0.2) is 18.2 Å². The Labute approximate surface area is 92.3 Å². The van der Waals surface area contributed by atoms with Crippen LogP contribution in [0.1, 0.15) is 11.4 Å². The zero-order valence-electron chi connectivity index (χ0n) is 6.31. The monoisotopic (exact) mass is 319 g/mol. The van der Waals surface area contributed by atoms with Gasteiger partial charge in [-0.1, -0.05) is 22.0 Å². The molecule has 0 saturated heterocycles. The van der Waals surface area contributed by atoms with Crippen molar-refractivity contribution in [2.24, 2.45) is 0 Å². The van der Waals surface area contributed by atoms with Crippen molar-refractivity contribution in [2.75, 3.05) is 0 Å². The van der Waals surface area contributed by atoms with Crippen molar-refractivity contribution in [3.8, 4) is 0 Å². The second-order valence-corrected chi connectivity index (χ2v) is 2.71. The summed E-state index contributed by atoms with van der Waals surface area (Å²) in [4.78, 5) is 3.39. The lowest BCUT2D eigenvalue weighted by Gasteiger charge is -2.05. The summed E-state index contributed by atoms with van der Waals surface area (Å²) in [7, 11) is 0. The molecule has 0 aliphatic carbocycles. The van der Waals surface area contributed by atoms with Crippen LogP contribution in [0, 0.1) is 0 Å².